The molecule has 1 aliphatic rings. The minimum Gasteiger partial charge on any atom is -0.337 e. The molecule has 3 heteroatoms. The van der Waals surface area contributed by atoms with Gasteiger partial charge in [-0.1, -0.05) is 36.7 Å². The molecule has 0 aliphatic carbocycles. The number of halogens is 1. The highest BCUT2D eigenvalue weighted by Crippen LogP contribution is 2.34. The molecule has 0 bridgehead atoms. The fourth-order valence-electron chi connectivity index (χ4n) is 2.83. The summed E-state index contributed by atoms with van der Waals surface area (Å²) in [6.45, 7) is 12.0. The normalized spacial score (nSPS) is 23.8. The number of carbonyl (C=O) groups excluding carboxylic acids is 1. The van der Waals surface area contributed by atoms with Crippen LogP contribution in [0.5, 0.6) is 0 Å². The third kappa shape index (κ3) is 3.47. The molecule has 0 N–H and O–H groups in total. The van der Waals surface area contributed by atoms with E-state index in [0.717, 1.165) is 25.8 Å². The van der Waals surface area contributed by atoms with Crippen molar-refractivity contribution in [3.05, 3.63) is 0 Å². The maximum Gasteiger partial charge on any atom is 0.236 e. The van der Waals surface area contributed by atoms with Gasteiger partial charge in [-0.15, -0.1) is 0 Å². The number of rotatable bonds is 2. The zero-order valence-electron chi connectivity index (χ0n) is 11.1. The molecule has 1 atom stereocenters. The second-order valence-corrected chi connectivity index (χ2v) is 7.75. The van der Waals surface area contributed by atoms with Crippen molar-refractivity contribution in [2.75, 3.05) is 6.54 Å². The highest BCUT2D eigenvalue weighted by molar-refractivity contribution is 9.10. The van der Waals surface area contributed by atoms with Gasteiger partial charge in [0.25, 0.3) is 0 Å². The molecule has 1 amide bonds. The molecule has 1 unspecified atom stereocenters. The highest BCUT2D eigenvalue weighted by Gasteiger charge is 2.38. The maximum absolute atomic E-state index is 12.1. The summed E-state index contributed by atoms with van der Waals surface area (Å²) in [5.41, 5.74) is 0.213. The summed E-state index contributed by atoms with van der Waals surface area (Å²) in [5.74, 6) is 0.264. The van der Waals surface area contributed by atoms with Crippen LogP contribution in [0.1, 0.15) is 53.9 Å². The molecule has 0 spiro atoms. The smallest absolute Gasteiger partial charge is 0.236 e. The van der Waals surface area contributed by atoms with E-state index in [9.17, 15) is 4.79 Å². The Labute approximate surface area is 108 Å². The largest absolute Gasteiger partial charge is 0.337 e. The Morgan fingerprint density at radius 2 is 1.88 bits per heavy atom. The van der Waals surface area contributed by atoms with Crippen LogP contribution < -0.4 is 0 Å². The molecule has 1 saturated heterocycles. The summed E-state index contributed by atoms with van der Waals surface area (Å²) in [6, 6.07) is 0. The molecule has 1 heterocycles. The summed E-state index contributed by atoms with van der Waals surface area (Å²) in [7, 11) is 0. The molecule has 1 rings (SSSR count). The Balaban J connectivity index is 2.78. The number of hydrogen-bond donors (Lipinski definition) is 0. The molecule has 2 nitrogen and oxygen atoms in total. The van der Waals surface area contributed by atoms with Crippen molar-refractivity contribution in [3.63, 3.8) is 0 Å². The van der Waals surface area contributed by atoms with Gasteiger partial charge in [0.05, 0.1) is 4.83 Å². The number of piperidine rings is 1. The van der Waals surface area contributed by atoms with Gasteiger partial charge in [0.15, 0.2) is 0 Å². The average Bonchev–Trinajstić information content (AvgIpc) is 2.05. The van der Waals surface area contributed by atoms with Gasteiger partial charge in [0.2, 0.25) is 5.91 Å². The van der Waals surface area contributed by atoms with E-state index in [1.807, 2.05) is 0 Å². The van der Waals surface area contributed by atoms with Crippen LogP contribution in [0, 0.1) is 5.41 Å². The molecule has 94 valence electrons. The quantitative estimate of drug-likeness (QED) is 0.712. The lowest BCUT2D eigenvalue weighted by molar-refractivity contribution is -0.139. The van der Waals surface area contributed by atoms with E-state index in [-0.39, 0.29) is 21.7 Å². The monoisotopic (exact) mass is 289 g/mol. The van der Waals surface area contributed by atoms with E-state index in [1.165, 1.54) is 0 Å². The van der Waals surface area contributed by atoms with Crippen LogP contribution in [0.2, 0.25) is 0 Å². The third-order valence-electron chi connectivity index (χ3n) is 3.07. The van der Waals surface area contributed by atoms with Crippen molar-refractivity contribution in [2.45, 2.75) is 64.2 Å². The molecule has 0 saturated carbocycles. The van der Waals surface area contributed by atoms with E-state index in [4.69, 9.17) is 0 Å². The Bertz CT molecular complexity index is 268. The van der Waals surface area contributed by atoms with E-state index < -0.39 is 0 Å². The first kappa shape index (κ1) is 14.0. The van der Waals surface area contributed by atoms with Crippen molar-refractivity contribution in [3.8, 4) is 0 Å². The zero-order valence-corrected chi connectivity index (χ0v) is 12.7. The van der Waals surface area contributed by atoms with E-state index in [2.05, 4.69) is 55.4 Å². The number of alkyl halides is 1. The molecule has 0 radical (unpaired) electrons. The Morgan fingerprint density at radius 3 is 2.38 bits per heavy atom. The number of carbonyl (C=O) groups is 1. The Hall–Kier alpha value is -0.0500. The van der Waals surface area contributed by atoms with Crippen molar-refractivity contribution >= 4 is 21.8 Å². The minimum atomic E-state index is -0.0399. The lowest BCUT2D eigenvalue weighted by atomic mass is 9.80. The maximum atomic E-state index is 12.1. The van der Waals surface area contributed by atoms with Gasteiger partial charge in [0.1, 0.15) is 0 Å². The predicted octanol–water partition coefficient (Wildman–Crippen LogP) is 3.59. The van der Waals surface area contributed by atoms with Gasteiger partial charge in [-0.2, -0.15) is 0 Å². The fraction of sp³-hybridized carbons (Fsp3) is 0.923. The summed E-state index contributed by atoms with van der Waals surface area (Å²) >= 11 is 3.47. The van der Waals surface area contributed by atoms with E-state index >= 15 is 0 Å². The first-order valence-corrected chi connectivity index (χ1v) is 7.01. The van der Waals surface area contributed by atoms with Gasteiger partial charge < -0.3 is 4.90 Å². The average molecular weight is 290 g/mol. The van der Waals surface area contributed by atoms with Crippen LogP contribution in [0.4, 0.5) is 0 Å². The SMILES string of the molecule is CC(C)(C)CC(C)(C)N1CCCC(Br)C1=O. The summed E-state index contributed by atoms with van der Waals surface area (Å²) < 4.78 is 0. The van der Waals surface area contributed by atoms with Crippen LogP contribution in [0.25, 0.3) is 0 Å². The number of hydrogen-bond acceptors (Lipinski definition) is 1. The van der Waals surface area contributed by atoms with Gasteiger partial charge in [-0.3, -0.25) is 4.79 Å². The first-order chi connectivity index (χ1) is 7.13. The number of likely N-dealkylation sites (tertiary alicyclic amines) is 1. The zero-order chi connectivity index (χ0) is 12.6. The standard InChI is InChI=1S/C13H24BrNO/c1-12(2,3)9-13(4,5)15-8-6-7-10(14)11(15)16/h10H,6-9H2,1-5H3. The third-order valence-corrected chi connectivity index (χ3v) is 3.92. The number of nitrogens with zero attached hydrogens (tertiary/aromatic N) is 1. The second kappa shape index (κ2) is 4.67. The lowest BCUT2D eigenvalue weighted by Crippen LogP contribution is -2.54. The van der Waals surface area contributed by atoms with Crippen LogP contribution in [0.3, 0.4) is 0 Å². The minimum absolute atomic E-state index is 0.0282. The Kier molecular flexibility index (Phi) is 4.09. The second-order valence-electron chi connectivity index (χ2n) is 6.65. The summed E-state index contributed by atoms with van der Waals surface area (Å²) in [4.78, 5) is 14.2. The van der Waals surface area contributed by atoms with Crippen LogP contribution >= 0.6 is 15.9 Å². The fourth-order valence-corrected chi connectivity index (χ4v) is 3.40. The molecule has 1 aliphatic heterocycles. The van der Waals surface area contributed by atoms with Gasteiger partial charge in [-0.05, 0) is 38.5 Å². The highest BCUT2D eigenvalue weighted by atomic mass is 79.9. The van der Waals surface area contributed by atoms with Crippen LogP contribution in [-0.2, 0) is 4.79 Å². The summed E-state index contributed by atoms with van der Waals surface area (Å²) in [5, 5.41) is 0. The van der Waals surface area contributed by atoms with Crippen molar-refractivity contribution < 1.29 is 4.79 Å². The Morgan fingerprint density at radius 1 is 1.31 bits per heavy atom. The molecule has 16 heavy (non-hydrogen) atoms. The predicted molar refractivity (Wildman–Crippen MR) is 71.8 cm³/mol. The molecule has 0 aromatic carbocycles. The van der Waals surface area contributed by atoms with Crippen molar-refractivity contribution in [1.82, 2.24) is 4.90 Å². The van der Waals surface area contributed by atoms with Gasteiger partial charge in [-0.25, -0.2) is 0 Å². The first-order valence-electron chi connectivity index (χ1n) is 6.09. The van der Waals surface area contributed by atoms with Crippen LogP contribution in [0.15, 0.2) is 0 Å². The molecule has 0 aromatic rings. The van der Waals surface area contributed by atoms with Crippen molar-refractivity contribution in [2.24, 2.45) is 5.41 Å². The number of amides is 1. The lowest BCUT2D eigenvalue weighted by Gasteiger charge is -2.45. The van der Waals surface area contributed by atoms with E-state index in [0.29, 0.717) is 0 Å². The topological polar surface area (TPSA) is 20.3 Å². The molecule has 0 aromatic heterocycles. The van der Waals surface area contributed by atoms with E-state index in [1.54, 1.807) is 0 Å². The van der Waals surface area contributed by atoms with Gasteiger partial charge >= 0.3 is 0 Å². The molecule has 1 fully saturated rings. The van der Waals surface area contributed by atoms with Crippen LogP contribution in [-0.4, -0.2) is 27.7 Å². The molecular weight excluding hydrogens is 266 g/mol. The summed E-state index contributed by atoms with van der Waals surface area (Å²) in [6.07, 6.45) is 3.11. The van der Waals surface area contributed by atoms with Crippen molar-refractivity contribution in [1.29, 1.82) is 0 Å². The van der Waals surface area contributed by atoms with Gasteiger partial charge in [0, 0.05) is 12.1 Å². The molecular formula is C13H24BrNO.